The Morgan fingerprint density at radius 1 is 1.07 bits per heavy atom. The van der Waals surface area contributed by atoms with Crippen LogP contribution in [0.4, 0.5) is 9.18 Å². The van der Waals surface area contributed by atoms with Crippen molar-refractivity contribution in [2.45, 2.75) is 26.3 Å². The molecule has 7 nitrogen and oxygen atoms in total. The van der Waals surface area contributed by atoms with E-state index in [4.69, 9.17) is 9.47 Å². The smallest absolute Gasteiger partial charge is 0.410 e. The minimum atomic E-state index is -0.955. The van der Waals surface area contributed by atoms with E-state index in [9.17, 15) is 18.8 Å². The van der Waals surface area contributed by atoms with Crippen LogP contribution in [-0.4, -0.2) is 47.1 Å². The second-order valence-corrected chi connectivity index (χ2v) is 6.63. The first-order valence-electron chi connectivity index (χ1n) is 9.09. The van der Waals surface area contributed by atoms with E-state index in [0.29, 0.717) is 5.56 Å². The normalized spacial score (nSPS) is 16.5. The summed E-state index contributed by atoms with van der Waals surface area (Å²) < 4.78 is 23.6. The number of amides is 2. The Bertz CT molecular complexity index is 872. The van der Waals surface area contributed by atoms with Crippen LogP contribution in [-0.2, 0) is 32.2 Å². The molecule has 2 amide bonds. The van der Waals surface area contributed by atoms with Gasteiger partial charge in [0.2, 0.25) is 5.91 Å². The summed E-state index contributed by atoms with van der Waals surface area (Å²) in [4.78, 5) is 39.1. The van der Waals surface area contributed by atoms with E-state index in [1.807, 2.05) is 30.3 Å². The molecule has 152 valence electrons. The highest BCUT2D eigenvalue weighted by Crippen LogP contribution is 2.18. The van der Waals surface area contributed by atoms with E-state index < -0.39 is 24.2 Å². The van der Waals surface area contributed by atoms with Crippen molar-refractivity contribution in [1.82, 2.24) is 9.80 Å². The summed E-state index contributed by atoms with van der Waals surface area (Å²) in [6, 6.07) is 14.8. The molecule has 0 spiro atoms. The van der Waals surface area contributed by atoms with Gasteiger partial charge in [0.1, 0.15) is 19.0 Å². The number of halogens is 1. The van der Waals surface area contributed by atoms with Gasteiger partial charge in [0.05, 0.1) is 6.54 Å². The molecule has 29 heavy (non-hydrogen) atoms. The van der Waals surface area contributed by atoms with E-state index >= 15 is 0 Å². The zero-order chi connectivity index (χ0) is 20.8. The van der Waals surface area contributed by atoms with Crippen LogP contribution >= 0.6 is 0 Å². The van der Waals surface area contributed by atoms with Gasteiger partial charge in [-0.25, -0.2) is 9.18 Å². The Labute approximate surface area is 167 Å². The molecule has 3 rings (SSSR count). The second kappa shape index (κ2) is 9.18. The molecule has 1 saturated heterocycles. The minimum Gasteiger partial charge on any atom is -0.445 e. The van der Waals surface area contributed by atoms with Gasteiger partial charge in [-0.05, 0) is 23.3 Å². The Balaban J connectivity index is 1.67. The molecule has 1 fully saturated rings. The zero-order valence-electron chi connectivity index (χ0n) is 15.9. The van der Waals surface area contributed by atoms with Crippen molar-refractivity contribution in [3.05, 3.63) is 71.5 Å². The van der Waals surface area contributed by atoms with E-state index in [-0.39, 0.29) is 32.1 Å². The number of ether oxygens (including phenoxy) is 2. The van der Waals surface area contributed by atoms with Crippen molar-refractivity contribution in [2.75, 3.05) is 13.1 Å². The fourth-order valence-electron chi connectivity index (χ4n) is 2.98. The first-order chi connectivity index (χ1) is 13.9. The minimum absolute atomic E-state index is 0.0138. The van der Waals surface area contributed by atoms with Crippen LogP contribution in [0.2, 0.25) is 0 Å². The number of nitrogens with zero attached hydrogens (tertiary/aromatic N) is 2. The van der Waals surface area contributed by atoms with Crippen molar-refractivity contribution in [1.29, 1.82) is 0 Å². The molecule has 1 aliphatic heterocycles. The topological polar surface area (TPSA) is 76.1 Å². The second-order valence-electron chi connectivity index (χ2n) is 6.63. The third-order valence-corrected chi connectivity index (χ3v) is 4.40. The van der Waals surface area contributed by atoms with Gasteiger partial charge in [0.15, 0.2) is 6.23 Å². The summed E-state index contributed by atoms with van der Waals surface area (Å²) >= 11 is 0. The molecule has 2 aromatic rings. The lowest BCUT2D eigenvalue weighted by atomic mass is 10.2. The third kappa shape index (κ3) is 5.54. The number of carbonyl (C=O) groups excluding carboxylic acids is 3. The third-order valence-electron chi connectivity index (χ3n) is 4.40. The summed E-state index contributed by atoms with van der Waals surface area (Å²) in [7, 11) is 0. The Morgan fingerprint density at radius 3 is 2.41 bits per heavy atom. The van der Waals surface area contributed by atoms with Gasteiger partial charge >= 0.3 is 12.1 Å². The molecule has 0 N–H and O–H groups in total. The van der Waals surface area contributed by atoms with Crippen molar-refractivity contribution in [2.24, 2.45) is 0 Å². The van der Waals surface area contributed by atoms with Gasteiger partial charge in [0, 0.05) is 13.5 Å². The number of piperazine rings is 1. The molecule has 8 heteroatoms. The lowest BCUT2D eigenvalue weighted by Gasteiger charge is -2.39. The molecule has 0 aliphatic carbocycles. The van der Waals surface area contributed by atoms with Crippen LogP contribution in [0.1, 0.15) is 18.1 Å². The van der Waals surface area contributed by atoms with Crippen LogP contribution in [0.15, 0.2) is 54.6 Å². The van der Waals surface area contributed by atoms with E-state index in [0.717, 1.165) is 5.56 Å². The lowest BCUT2D eigenvalue weighted by Crippen LogP contribution is -2.58. The molecule has 1 aliphatic rings. The molecule has 1 heterocycles. The standard InChI is InChI=1S/C21H21FN2O5/c1-15(25)29-20-13-23(21(27)28-14-17-5-3-2-4-6-17)12-19(26)24(20)11-16-7-9-18(22)10-8-16/h2-10,20H,11-14H2,1H3. The molecule has 2 aromatic carbocycles. The van der Waals surface area contributed by atoms with E-state index in [1.165, 1.54) is 28.9 Å². The molecule has 0 aromatic heterocycles. The number of benzene rings is 2. The highest BCUT2D eigenvalue weighted by molar-refractivity contribution is 5.84. The SMILES string of the molecule is CC(=O)OC1CN(C(=O)OCc2ccccc2)CC(=O)N1Cc1ccc(F)cc1. The fraction of sp³-hybridized carbons (Fsp3) is 0.286. The fourth-order valence-corrected chi connectivity index (χ4v) is 2.98. The first-order valence-corrected chi connectivity index (χ1v) is 9.09. The van der Waals surface area contributed by atoms with Gasteiger partial charge < -0.3 is 9.47 Å². The van der Waals surface area contributed by atoms with Crippen molar-refractivity contribution < 1.29 is 28.2 Å². The largest absolute Gasteiger partial charge is 0.445 e. The maximum absolute atomic E-state index is 13.1. The van der Waals surface area contributed by atoms with Gasteiger partial charge in [0.25, 0.3) is 0 Å². The summed E-state index contributed by atoms with van der Waals surface area (Å²) in [6.45, 7) is 1.21. The van der Waals surface area contributed by atoms with Crippen LogP contribution in [0, 0.1) is 5.82 Å². The van der Waals surface area contributed by atoms with Crippen molar-refractivity contribution >= 4 is 18.0 Å². The maximum Gasteiger partial charge on any atom is 0.410 e. The average molecular weight is 400 g/mol. The average Bonchev–Trinajstić information content (AvgIpc) is 2.70. The van der Waals surface area contributed by atoms with Crippen LogP contribution < -0.4 is 0 Å². The molecular formula is C21H21FN2O5. The summed E-state index contributed by atoms with van der Waals surface area (Å²) in [5.74, 6) is -1.36. The number of rotatable bonds is 5. The van der Waals surface area contributed by atoms with Gasteiger partial charge in [-0.2, -0.15) is 0 Å². The van der Waals surface area contributed by atoms with Gasteiger partial charge in [-0.3, -0.25) is 19.4 Å². The first kappa shape index (κ1) is 20.3. The van der Waals surface area contributed by atoms with Crippen LogP contribution in [0.5, 0.6) is 0 Å². The Kier molecular flexibility index (Phi) is 6.43. The van der Waals surface area contributed by atoms with E-state index in [1.54, 1.807) is 12.1 Å². The quantitative estimate of drug-likeness (QED) is 0.722. The maximum atomic E-state index is 13.1. The van der Waals surface area contributed by atoms with Crippen LogP contribution in [0.25, 0.3) is 0 Å². The molecule has 0 saturated carbocycles. The predicted octanol–water partition coefficient (Wildman–Crippen LogP) is 2.70. The number of esters is 1. The molecule has 1 unspecified atom stereocenters. The lowest BCUT2D eigenvalue weighted by molar-refractivity contribution is -0.172. The van der Waals surface area contributed by atoms with E-state index in [2.05, 4.69) is 0 Å². The predicted molar refractivity (Wildman–Crippen MR) is 101 cm³/mol. The molecule has 1 atom stereocenters. The number of hydrogen-bond acceptors (Lipinski definition) is 5. The highest BCUT2D eigenvalue weighted by atomic mass is 19.1. The van der Waals surface area contributed by atoms with Crippen molar-refractivity contribution in [3.8, 4) is 0 Å². The number of hydrogen-bond donors (Lipinski definition) is 0. The molecular weight excluding hydrogens is 379 g/mol. The van der Waals surface area contributed by atoms with Crippen LogP contribution in [0.3, 0.4) is 0 Å². The van der Waals surface area contributed by atoms with Crippen molar-refractivity contribution in [3.63, 3.8) is 0 Å². The molecule has 0 bridgehead atoms. The zero-order valence-corrected chi connectivity index (χ0v) is 15.9. The summed E-state index contributed by atoms with van der Waals surface area (Å²) in [5, 5.41) is 0. The highest BCUT2D eigenvalue weighted by Gasteiger charge is 2.37. The monoisotopic (exact) mass is 400 g/mol. The van der Waals surface area contributed by atoms with Gasteiger partial charge in [-0.1, -0.05) is 42.5 Å². The molecule has 0 radical (unpaired) electrons. The number of carbonyl (C=O) groups is 3. The van der Waals surface area contributed by atoms with Gasteiger partial charge in [-0.15, -0.1) is 0 Å². The Hall–Kier alpha value is -3.42. The summed E-state index contributed by atoms with van der Waals surface area (Å²) in [6.07, 6.45) is -1.62. The Morgan fingerprint density at radius 2 is 1.76 bits per heavy atom. The summed E-state index contributed by atoms with van der Waals surface area (Å²) in [5.41, 5.74) is 1.50.